The van der Waals surface area contributed by atoms with Gasteiger partial charge in [-0.25, -0.2) is 4.79 Å². The van der Waals surface area contributed by atoms with Crippen molar-refractivity contribution in [1.29, 1.82) is 0 Å². The fourth-order valence-electron chi connectivity index (χ4n) is 1.15. The Balaban J connectivity index is 3.04. The zero-order valence-corrected chi connectivity index (χ0v) is 11.2. The number of aromatic carboxylic acids is 1. The van der Waals surface area contributed by atoms with Crippen LogP contribution in [0.4, 0.5) is 5.69 Å². The lowest BCUT2D eigenvalue weighted by Crippen LogP contribution is -2.26. The van der Waals surface area contributed by atoms with E-state index < -0.39 is 18.0 Å². The molecule has 0 aliphatic rings. The van der Waals surface area contributed by atoms with E-state index in [4.69, 9.17) is 33.0 Å². The van der Waals surface area contributed by atoms with Gasteiger partial charge >= 0.3 is 5.97 Å². The number of hydrogen-bond acceptors (Lipinski definition) is 3. The third kappa shape index (κ3) is 3.35. The predicted octanol–water partition coefficient (Wildman–Crippen LogP) is 2.67. The molecule has 98 valence electrons. The molecule has 1 rings (SSSR count). The molecular weight excluding hydrogens is 281 g/mol. The Kier molecular flexibility index (Phi) is 4.95. The van der Waals surface area contributed by atoms with E-state index in [0.717, 1.165) is 0 Å². The monoisotopic (exact) mass is 291 g/mol. The van der Waals surface area contributed by atoms with Crippen molar-refractivity contribution in [2.45, 2.75) is 13.0 Å². The SMILES string of the molecule is COC(C)C(=O)Nc1c(Cl)cc(C(=O)O)cc1Cl. The fraction of sp³-hybridized carbons (Fsp3) is 0.273. The lowest BCUT2D eigenvalue weighted by molar-refractivity contribution is -0.124. The molecule has 1 atom stereocenters. The van der Waals surface area contributed by atoms with E-state index in [9.17, 15) is 9.59 Å². The maximum absolute atomic E-state index is 11.6. The average molecular weight is 292 g/mol. The highest BCUT2D eigenvalue weighted by molar-refractivity contribution is 6.40. The molecule has 0 aliphatic heterocycles. The number of anilines is 1. The number of halogens is 2. The minimum Gasteiger partial charge on any atom is -0.478 e. The van der Waals surface area contributed by atoms with Crippen molar-refractivity contribution in [3.63, 3.8) is 0 Å². The van der Waals surface area contributed by atoms with E-state index in [-0.39, 0.29) is 21.3 Å². The van der Waals surface area contributed by atoms with Gasteiger partial charge in [0.1, 0.15) is 6.10 Å². The van der Waals surface area contributed by atoms with E-state index in [2.05, 4.69) is 5.32 Å². The van der Waals surface area contributed by atoms with E-state index in [1.807, 2.05) is 0 Å². The highest BCUT2D eigenvalue weighted by Gasteiger charge is 2.17. The molecule has 0 spiro atoms. The maximum Gasteiger partial charge on any atom is 0.335 e. The maximum atomic E-state index is 11.6. The van der Waals surface area contributed by atoms with Gasteiger partial charge in [-0.15, -0.1) is 0 Å². The van der Waals surface area contributed by atoms with Crippen LogP contribution in [0.25, 0.3) is 0 Å². The van der Waals surface area contributed by atoms with E-state index >= 15 is 0 Å². The number of carbonyl (C=O) groups is 2. The molecule has 0 heterocycles. The summed E-state index contributed by atoms with van der Waals surface area (Å²) in [5.41, 5.74) is 0.111. The van der Waals surface area contributed by atoms with Gasteiger partial charge in [0.25, 0.3) is 5.91 Å². The molecule has 1 amide bonds. The molecule has 0 saturated carbocycles. The van der Waals surface area contributed by atoms with Crippen molar-refractivity contribution in [2.75, 3.05) is 12.4 Å². The third-order valence-corrected chi connectivity index (χ3v) is 2.86. The number of amides is 1. The number of methoxy groups -OCH3 is 1. The summed E-state index contributed by atoms with van der Waals surface area (Å²) >= 11 is 11.7. The first-order valence-corrected chi connectivity index (χ1v) is 5.68. The fourth-order valence-corrected chi connectivity index (χ4v) is 1.73. The number of carbonyl (C=O) groups excluding carboxylic acids is 1. The first kappa shape index (κ1) is 14.8. The number of carboxylic acid groups (broad SMARTS) is 1. The van der Waals surface area contributed by atoms with Crippen LogP contribution in [0.3, 0.4) is 0 Å². The summed E-state index contributed by atoms with van der Waals surface area (Å²) in [6.07, 6.45) is -0.670. The Labute approximate surface area is 114 Å². The molecule has 0 fully saturated rings. The second kappa shape index (κ2) is 6.04. The smallest absolute Gasteiger partial charge is 0.335 e. The average Bonchev–Trinajstić information content (AvgIpc) is 2.31. The molecule has 5 nitrogen and oxygen atoms in total. The number of benzene rings is 1. The number of hydrogen-bond donors (Lipinski definition) is 2. The Hall–Kier alpha value is -1.30. The lowest BCUT2D eigenvalue weighted by atomic mass is 10.2. The predicted molar refractivity (Wildman–Crippen MR) is 68.5 cm³/mol. The number of rotatable bonds is 4. The summed E-state index contributed by atoms with van der Waals surface area (Å²) in [6.45, 7) is 1.56. The van der Waals surface area contributed by atoms with E-state index in [0.29, 0.717) is 0 Å². The van der Waals surface area contributed by atoms with Crippen molar-refractivity contribution >= 4 is 40.8 Å². The van der Waals surface area contributed by atoms with Crippen molar-refractivity contribution in [2.24, 2.45) is 0 Å². The second-order valence-electron chi connectivity index (χ2n) is 3.49. The molecule has 0 aliphatic carbocycles. The van der Waals surface area contributed by atoms with Crippen LogP contribution in [0.15, 0.2) is 12.1 Å². The Bertz CT molecular complexity index is 467. The van der Waals surface area contributed by atoms with Crippen molar-refractivity contribution < 1.29 is 19.4 Å². The first-order valence-electron chi connectivity index (χ1n) is 4.92. The largest absolute Gasteiger partial charge is 0.478 e. The van der Waals surface area contributed by atoms with Gasteiger partial charge < -0.3 is 15.2 Å². The van der Waals surface area contributed by atoms with Gasteiger partial charge in [0.05, 0.1) is 21.3 Å². The summed E-state index contributed by atoms with van der Waals surface area (Å²) in [5, 5.41) is 11.4. The van der Waals surface area contributed by atoms with Crippen LogP contribution < -0.4 is 5.32 Å². The van der Waals surface area contributed by atoms with Crippen molar-refractivity contribution in [3.8, 4) is 0 Å². The molecule has 0 radical (unpaired) electrons. The van der Waals surface area contributed by atoms with Crippen LogP contribution in [0, 0.1) is 0 Å². The molecule has 1 unspecified atom stereocenters. The zero-order chi connectivity index (χ0) is 13.9. The number of nitrogens with one attached hydrogen (secondary N) is 1. The van der Waals surface area contributed by atoms with Gasteiger partial charge in [-0.3, -0.25) is 4.79 Å². The third-order valence-electron chi connectivity index (χ3n) is 2.26. The summed E-state index contributed by atoms with van der Waals surface area (Å²) in [7, 11) is 1.39. The molecular formula is C11H11Cl2NO4. The van der Waals surface area contributed by atoms with Gasteiger partial charge in [-0.2, -0.15) is 0 Å². The Morgan fingerprint density at radius 1 is 1.33 bits per heavy atom. The van der Waals surface area contributed by atoms with Gasteiger partial charge in [-0.1, -0.05) is 23.2 Å². The topological polar surface area (TPSA) is 75.6 Å². The van der Waals surface area contributed by atoms with Gasteiger partial charge in [-0.05, 0) is 19.1 Å². The minimum atomic E-state index is -1.15. The van der Waals surface area contributed by atoms with Crippen LogP contribution in [0.2, 0.25) is 10.0 Å². The van der Waals surface area contributed by atoms with Crippen LogP contribution >= 0.6 is 23.2 Å². The summed E-state index contributed by atoms with van der Waals surface area (Å²) < 4.78 is 4.83. The lowest BCUT2D eigenvalue weighted by Gasteiger charge is -2.13. The summed E-state index contributed by atoms with van der Waals surface area (Å²) in [5.74, 6) is -1.58. The van der Waals surface area contributed by atoms with E-state index in [1.54, 1.807) is 6.92 Å². The highest BCUT2D eigenvalue weighted by atomic mass is 35.5. The van der Waals surface area contributed by atoms with Crippen LogP contribution in [0.5, 0.6) is 0 Å². The Morgan fingerprint density at radius 2 is 1.83 bits per heavy atom. The highest BCUT2D eigenvalue weighted by Crippen LogP contribution is 2.32. The molecule has 2 N–H and O–H groups in total. The van der Waals surface area contributed by atoms with Gasteiger partial charge in [0.15, 0.2) is 0 Å². The zero-order valence-electron chi connectivity index (χ0n) is 9.66. The van der Waals surface area contributed by atoms with E-state index in [1.165, 1.54) is 19.2 Å². The first-order chi connectivity index (χ1) is 8.36. The van der Waals surface area contributed by atoms with Crippen molar-refractivity contribution in [1.82, 2.24) is 0 Å². The molecule has 1 aromatic rings. The number of ether oxygens (including phenoxy) is 1. The molecule has 7 heteroatoms. The Morgan fingerprint density at radius 3 is 2.22 bits per heavy atom. The quantitative estimate of drug-likeness (QED) is 0.894. The molecule has 0 bridgehead atoms. The normalized spacial score (nSPS) is 12.0. The standard InChI is InChI=1S/C11H11Cl2NO4/c1-5(18-2)10(15)14-9-7(12)3-6(11(16)17)4-8(9)13/h3-5H,1-2H3,(H,14,15)(H,16,17). The van der Waals surface area contributed by atoms with Crippen LogP contribution in [0.1, 0.15) is 17.3 Å². The minimum absolute atomic E-state index is 0.0524. The van der Waals surface area contributed by atoms with Crippen molar-refractivity contribution in [3.05, 3.63) is 27.7 Å². The summed E-state index contributed by atoms with van der Waals surface area (Å²) in [4.78, 5) is 22.4. The molecule has 0 aromatic heterocycles. The summed E-state index contributed by atoms with van der Waals surface area (Å²) in [6, 6.07) is 2.42. The number of carboxylic acids is 1. The van der Waals surface area contributed by atoms with Crippen LogP contribution in [-0.2, 0) is 9.53 Å². The van der Waals surface area contributed by atoms with Crippen LogP contribution in [-0.4, -0.2) is 30.2 Å². The van der Waals surface area contributed by atoms with Gasteiger partial charge in [0.2, 0.25) is 0 Å². The molecule has 0 saturated heterocycles. The molecule has 1 aromatic carbocycles. The second-order valence-corrected chi connectivity index (χ2v) is 4.30. The van der Waals surface area contributed by atoms with Gasteiger partial charge in [0, 0.05) is 7.11 Å². The molecule has 18 heavy (non-hydrogen) atoms.